The number of H-pyrrole nitrogens is 1. The standard InChI is InChI=1S/C16H20N4O4/c1-10(12-4-6-13(24-3)7-5-12)8-9-17-16(21)14-15(20(22)23)11(2)18-19-14/h4-7,10H,8-9H2,1-3H3,(H,17,21)(H,18,19). The molecule has 0 spiro atoms. The quantitative estimate of drug-likeness (QED) is 0.598. The number of ether oxygens (including phenoxy) is 1. The first-order chi connectivity index (χ1) is 11.4. The Kier molecular flexibility index (Phi) is 5.51. The number of nitro groups is 1. The molecule has 2 aromatic rings. The number of hydrogen-bond donors (Lipinski definition) is 2. The minimum absolute atomic E-state index is 0.186. The zero-order valence-corrected chi connectivity index (χ0v) is 13.8. The average molecular weight is 332 g/mol. The summed E-state index contributed by atoms with van der Waals surface area (Å²) in [4.78, 5) is 22.4. The van der Waals surface area contributed by atoms with E-state index in [9.17, 15) is 14.9 Å². The molecule has 0 aliphatic carbocycles. The summed E-state index contributed by atoms with van der Waals surface area (Å²) in [5.41, 5.74) is 0.925. The molecular weight excluding hydrogens is 312 g/mol. The number of hydrogen-bond acceptors (Lipinski definition) is 5. The molecule has 8 nitrogen and oxygen atoms in total. The van der Waals surface area contributed by atoms with Crippen molar-refractivity contribution in [3.8, 4) is 5.75 Å². The van der Waals surface area contributed by atoms with Crippen molar-refractivity contribution in [1.29, 1.82) is 0 Å². The van der Waals surface area contributed by atoms with Crippen LogP contribution in [-0.2, 0) is 0 Å². The van der Waals surface area contributed by atoms with Crippen LogP contribution in [0.3, 0.4) is 0 Å². The Bertz CT molecular complexity index is 724. The second kappa shape index (κ2) is 7.58. The van der Waals surface area contributed by atoms with Crippen LogP contribution in [0, 0.1) is 17.0 Å². The van der Waals surface area contributed by atoms with Gasteiger partial charge < -0.3 is 10.1 Å². The van der Waals surface area contributed by atoms with Gasteiger partial charge in [-0.3, -0.25) is 20.0 Å². The molecule has 128 valence electrons. The number of methoxy groups -OCH3 is 1. The molecule has 1 aromatic heterocycles. The maximum absolute atomic E-state index is 12.1. The molecule has 0 saturated carbocycles. The average Bonchev–Trinajstić information content (AvgIpc) is 2.96. The van der Waals surface area contributed by atoms with Crippen LogP contribution in [0.25, 0.3) is 0 Å². The van der Waals surface area contributed by atoms with E-state index >= 15 is 0 Å². The zero-order valence-electron chi connectivity index (χ0n) is 13.8. The van der Waals surface area contributed by atoms with Crippen LogP contribution in [0.1, 0.15) is 41.0 Å². The summed E-state index contributed by atoms with van der Waals surface area (Å²) >= 11 is 0. The summed E-state index contributed by atoms with van der Waals surface area (Å²) in [7, 11) is 1.61. The lowest BCUT2D eigenvalue weighted by molar-refractivity contribution is -0.385. The molecule has 0 aliphatic rings. The minimum Gasteiger partial charge on any atom is -0.497 e. The molecule has 1 unspecified atom stereocenters. The van der Waals surface area contributed by atoms with Gasteiger partial charge in [-0.2, -0.15) is 5.10 Å². The lowest BCUT2D eigenvalue weighted by atomic mass is 9.98. The lowest BCUT2D eigenvalue weighted by Crippen LogP contribution is -2.26. The highest BCUT2D eigenvalue weighted by atomic mass is 16.6. The first kappa shape index (κ1) is 17.5. The van der Waals surface area contributed by atoms with E-state index in [1.807, 2.05) is 24.3 Å². The Morgan fingerprint density at radius 3 is 2.67 bits per heavy atom. The molecule has 0 radical (unpaired) electrons. The summed E-state index contributed by atoms with van der Waals surface area (Å²) in [6.07, 6.45) is 0.704. The van der Waals surface area contributed by atoms with Crippen LogP contribution in [0.4, 0.5) is 5.69 Å². The van der Waals surface area contributed by atoms with E-state index < -0.39 is 10.8 Å². The van der Waals surface area contributed by atoms with Crippen LogP contribution >= 0.6 is 0 Å². The van der Waals surface area contributed by atoms with Crippen LogP contribution < -0.4 is 10.1 Å². The van der Waals surface area contributed by atoms with Crippen molar-refractivity contribution in [2.45, 2.75) is 26.2 Å². The number of carbonyl (C=O) groups is 1. The Hall–Kier alpha value is -2.90. The Morgan fingerprint density at radius 1 is 1.42 bits per heavy atom. The lowest BCUT2D eigenvalue weighted by Gasteiger charge is -2.12. The molecular formula is C16H20N4O4. The number of aromatic amines is 1. The number of aryl methyl sites for hydroxylation is 1. The Morgan fingerprint density at radius 2 is 2.08 bits per heavy atom. The van der Waals surface area contributed by atoms with Gasteiger partial charge in [0.15, 0.2) is 0 Å². The molecule has 0 fully saturated rings. The van der Waals surface area contributed by atoms with Crippen molar-refractivity contribution < 1.29 is 14.5 Å². The molecule has 0 bridgehead atoms. The van der Waals surface area contributed by atoms with Crippen LogP contribution in [0.5, 0.6) is 5.75 Å². The Labute approximate surface area is 139 Å². The van der Waals surface area contributed by atoms with Gasteiger partial charge >= 0.3 is 5.69 Å². The van der Waals surface area contributed by atoms with Crippen molar-refractivity contribution >= 4 is 11.6 Å². The number of nitrogens with zero attached hydrogens (tertiary/aromatic N) is 2. The number of benzene rings is 1. The fraction of sp³-hybridized carbons (Fsp3) is 0.375. The van der Waals surface area contributed by atoms with E-state index in [4.69, 9.17) is 4.74 Å². The summed E-state index contributed by atoms with van der Waals surface area (Å²) in [5, 5.41) is 19.9. The SMILES string of the molecule is COc1ccc(C(C)CCNC(=O)c2n[nH]c(C)c2[N+](=O)[O-])cc1. The highest BCUT2D eigenvalue weighted by Crippen LogP contribution is 2.22. The molecule has 8 heteroatoms. The third-order valence-corrected chi connectivity index (χ3v) is 3.86. The third-order valence-electron chi connectivity index (χ3n) is 3.86. The van der Waals surface area contributed by atoms with E-state index in [1.54, 1.807) is 7.11 Å². The number of amides is 1. The van der Waals surface area contributed by atoms with E-state index in [0.29, 0.717) is 13.0 Å². The van der Waals surface area contributed by atoms with Crippen molar-refractivity contribution in [3.05, 3.63) is 51.3 Å². The topological polar surface area (TPSA) is 110 Å². The molecule has 0 saturated heterocycles. The van der Waals surface area contributed by atoms with Gasteiger partial charge in [0, 0.05) is 6.54 Å². The first-order valence-corrected chi connectivity index (χ1v) is 7.55. The summed E-state index contributed by atoms with van der Waals surface area (Å²) in [5.74, 6) is 0.473. The highest BCUT2D eigenvalue weighted by molar-refractivity contribution is 5.96. The number of rotatable bonds is 7. The van der Waals surface area contributed by atoms with Gasteiger partial charge in [-0.25, -0.2) is 0 Å². The van der Waals surface area contributed by atoms with E-state index in [0.717, 1.165) is 11.3 Å². The van der Waals surface area contributed by atoms with Gasteiger partial charge in [0.1, 0.15) is 11.4 Å². The number of aromatic nitrogens is 2. The maximum atomic E-state index is 12.1. The molecule has 2 N–H and O–H groups in total. The predicted octanol–water partition coefficient (Wildman–Crippen LogP) is 2.56. The van der Waals surface area contributed by atoms with E-state index in [2.05, 4.69) is 22.4 Å². The number of carbonyl (C=O) groups excluding carboxylic acids is 1. The number of nitrogens with one attached hydrogen (secondary N) is 2. The first-order valence-electron chi connectivity index (χ1n) is 7.55. The van der Waals surface area contributed by atoms with Crippen molar-refractivity contribution in [1.82, 2.24) is 15.5 Å². The normalized spacial score (nSPS) is 11.8. The monoisotopic (exact) mass is 332 g/mol. The molecule has 24 heavy (non-hydrogen) atoms. The van der Waals surface area contributed by atoms with Crippen molar-refractivity contribution in [2.24, 2.45) is 0 Å². The summed E-state index contributed by atoms with van der Waals surface area (Å²) in [6, 6.07) is 7.74. The second-order valence-corrected chi connectivity index (χ2v) is 5.52. The summed E-state index contributed by atoms with van der Waals surface area (Å²) in [6.45, 7) is 3.96. The van der Waals surface area contributed by atoms with Gasteiger partial charge in [0.05, 0.1) is 12.0 Å². The second-order valence-electron chi connectivity index (χ2n) is 5.52. The van der Waals surface area contributed by atoms with Gasteiger partial charge in [-0.15, -0.1) is 0 Å². The van der Waals surface area contributed by atoms with Gasteiger partial charge in [0.2, 0.25) is 5.69 Å². The molecule has 1 aromatic carbocycles. The summed E-state index contributed by atoms with van der Waals surface area (Å²) < 4.78 is 5.12. The Balaban J connectivity index is 1.91. The largest absolute Gasteiger partial charge is 0.497 e. The van der Waals surface area contributed by atoms with Crippen molar-refractivity contribution in [2.75, 3.05) is 13.7 Å². The van der Waals surface area contributed by atoms with Gasteiger partial charge in [-0.1, -0.05) is 19.1 Å². The fourth-order valence-corrected chi connectivity index (χ4v) is 2.39. The van der Waals surface area contributed by atoms with Gasteiger partial charge in [-0.05, 0) is 37.0 Å². The predicted molar refractivity (Wildman–Crippen MR) is 88.3 cm³/mol. The maximum Gasteiger partial charge on any atom is 0.322 e. The van der Waals surface area contributed by atoms with Crippen molar-refractivity contribution in [3.63, 3.8) is 0 Å². The minimum atomic E-state index is -0.603. The van der Waals surface area contributed by atoms with E-state index in [1.165, 1.54) is 6.92 Å². The fourth-order valence-electron chi connectivity index (χ4n) is 2.39. The molecule has 1 atom stereocenters. The molecule has 1 heterocycles. The van der Waals surface area contributed by atoms with Crippen LogP contribution in [0.15, 0.2) is 24.3 Å². The third kappa shape index (κ3) is 3.89. The molecule has 2 rings (SSSR count). The van der Waals surface area contributed by atoms with Crippen LogP contribution in [-0.4, -0.2) is 34.7 Å². The smallest absolute Gasteiger partial charge is 0.322 e. The zero-order chi connectivity index (χ0) is 17.7. The molecule has 1 amide bonds. The van der Waals surface area contributed by atoms with Gasteiger partial charge in [0.25, 0.3) is 5.91 Å². The highest BCUT2D eigenvalue weighted by Gasteiger charge is 2.26. The van der Waals surface area contributed by atoms with Crippen LogP contribution in [0.2, 0.25) is 0 Å². The van der Waals surface area contributed by atoms with E-state index in [-0.39, 0.29) is 23.0 Å². The molecule has 0 aliphatic heterocycles.